The molecule has 0 aliphatic carbocycles. The van der Waals surface area contributed by atoms with Gasteiger partial charge in [0.15, 0.2) is 0 Å². The van der Waals surface area contributed by atoms with Crippen LogP contribution in [-0.4, -0.2) is 34.8 Å². The maximum Gasteiger partial charge on any atom is 0.494 e. The van der Waals surface area contributed by atoms with Crippen LogP contribution < -0.4 is 10.8 Å². The molecule has 0 radical (unpaired) electrons. The molecule has 0 bridgehead atoms. The first kappa shape index (κ1) is 17.2. The highest BCUT2D eigenvalue weighted by Gasteiger charge is 2.51. The minimum atomic E-state index is -0.338. The van der Waals surface area contributed by atoms with E-state index in [0.29, 0.717) is 6.04 Å². The van der Waals surface area contributed by atoms with E-state index in [4.69, 9.17) is 14.3 Å². The molecular formula is C21H26BN3O2. The van der Waals surface area contributed by atoms with E-state index in [9.17, 15) is 0 Å². The van der Waals surface area contributed by atoms with Crippen molar-refractivity contribution in [3.63, 3.8) is 0 Å². The maximum atomic E-state index is 6.21. The van der Waals surface area contributed by atoms with Crippen LogP contribution in [0.15, 0.2) is 30.3 Å². The van der Waals surface area contributed by atoms with E-state index in [1.54, 1.807) is 0 Å². The highest BCUT2D eigenvalue weighted by molar-refractivity contribution is 6.62. The maximum absolute atomic E-state index is 6.21. The average Bonchev–Trinajstić information content (AvgIpc) is 3.32. The van der Waals surface area contributed by atoms with Crippen LogP contribution in [0.5, 0.6) is 0 Å². The molecule has 1 aromatic heterocycles. The molecule has 2 saturated heterocycles. The highest BCUT2D eigenvalue weighted by Crippen LogP contribution is 2.37. The van der Waals surface area contributed by atoms with Gasteiger partial charge in [-0.25, -0.2) is 4.98 Å². The summed E-state index contributed by atoms with van der Waals surface area (Å²) in [5.74, 6) is 1.05. The Morgan fingerprint density at radius 2 is 1.85 bits per heavy atom. The summed E-state index contributed by atoms with van der Waals surface area (Å²) < 4.78 is 12.4. The van der Waals surface area contributed by atoms with Crippen LogP contribution in [0.25, 0.3) is 21.8 Å². The number of hydrogen-bond acceptors (Lipinski definition) is 4. The Kier molecular flexibility index (Phi) is 3.70. The van der Waals surface area contributed by atoms with Crippen LogP contribution in [-0.2, 0) is 9.31 Å². The molecule has 2 aliphatic rings. The summed E-state index contributed by atoms with van der Waals surface area (Å²) >= 11 is 0. The molecule has 3 aromatic rings. The first-order chi connectivity index (χ1) is 12.8. The molecule has 2 aromatic carbocycles. The van der Waals surface area contributed by atoms with Gasteiger partial charge in [0.2, 0.25) is 0 Å². The number of nitrogens with zero attached hydrogens (tertiary/aromatic N) is 1. The van der Waals surface area contributed by atoms with Gasteiger partial charge >= 0.3 is 7.12 Å². The predicted molar refractivity (Wildman–Crippen MR) is 109 cm³/mol. The molecule has 5 nitrogen and oxygen atoms in total. The average molecular weight is 363 g/mol. The van der Waals surface area contributed by atoms with E-state index in [1.807, 2.05) is 0 Å². The summed E-state index contributed by atoms with van der Waals surface area (Å²) in [7, 11) is -0.338. The highest BCUT2D eigenvalue weighted by atomic mass is 16.7. The van der Waals surface area contributed by atoms with Gasteiger partial charge in [-0.2, -0.15) is 0 Å². The molecule has 0 spiro atoms. The van der Waals surface area contributed by atoms with Crippen LogP contribution in [0.1, 0.15) is 52.4 Å². The van der Waals surface area contributed by atoms with Crippen LogP contribution in [0.4, 0.5) is 0 Å². The molecule has 6 heteroatoms. The lowest BCUT2D eigenvalue weighted by Crippen LogP contribution is -2.41. The Hall–Kier alpha value is -1.89. The van der Waals surface area contributed by atoms with Crippen molar-refractivity contribution in [1.82, 2.24) is 15.3 Å². The Labute approximate surface area is 160 Å². The number of fused-ring (bicyclic) bond motifs is 3. The van der Waals surface area contributed by atoms with E-state index in [1.165, 1.54) is 17.2 Å². The lowest BCUT2D eigenvalue weighted by molar-refractivity contribution is 0.00578. The Morgan fingerprint density at radius 1 is 1.07 bits per heavy atom. The molecule has 2 N–H and O–H groups in total. The van der Waals surface area contributed by atoms with Crippen molar-refractivity contribution >= 4 is 34.4 Å². The number of aromatic nitrogens is 2. The minimum absolute atomic E-state index is 0.330. The number of aromatic amines is 1. The van der Waals surface area contributed by atoms with Crippen LogP contribution >= 0.6 is 0 Å². The molecular weight excluding hydrogens is 337 g/mol. The number of nitrogens with one attached hydrogen (secondary N) is 2. The summed E-state index contributed by atoms with van der Waals surface area (Å²) in [4.78, 5) is 8.37. The molecule has 0 saturated carbocycles. The SMILES string of the molecule is CC1(C)OB(c2ccc3c(ccc4nc([C@@H]5CCCN5)[nH]c43)c2)OC1(C)C. The van der Waals surface area contributed by atoms with Crippen molar-refractivity contribution in [3.8, 4) is 0 Å². The summed E-state index contributed by atoms with van der Waals surface area (Å²) in [6.07, 6.45) is 2.35. The molecule has 140 valence electrons. The fourth-order valence-corrected chi connectivity index (χ4v) is 4.06. The van der Waals surface area contributed by atoms with Crippen molar-refractivity contribution in [2.24, 2.45) is 0 Å². The summed E-state index contributed by atoms with van der Waals surface area (Å²) in [5, 5.41) is 5.87. The molecule has 3 heterocycles. The molecule has 0 amide bonds. The van der Waals surface area contributed by atoms with Gasteiger partial charge in [0.05, 0.1) is 28.3 Å². The second kappa shape index (κ2) is 5.80. The minimum Gasteiger partial charge on any atom is -0.399 e. The Balaban J connectivity index is 1.54. The first-order valence-corrected chi connectivity index (χ1v) is 9.85. The third kappa shape index (κ3) is 2.70. The van der Waals surface area contributed by atoms with E-state index in [0.717, 1.165) is 35.3 Å². The molecule has 2 aliphatic heterocycles. The van der Waals surface area contributed by atoms with Crippen LogP contribution in [0.3, 0.4) is 0 Å². The third-order valence-electron chi connectivity index (χ3n) is 6.43. The quantitative estimate of drug-likeness (QED) is 0.685. The number of rotatable bonds is 2. The van der Waals surface area contributed by atoms with Gasteiger partial charge in [-0.15, -0.1) is 0 Å². The molecule has 1 atom stereocenters. The van der Waals surface area contributed by atoms with Crippen molar-refractivity contribution in [3.05, 3.63) is 36.2 Å². The summed E-state index contributed by atoms with van der Waals surface area (Å²) in [5.41, 5.74) is 2.52. The van der Waals surface area contributed by atoms with Crippen molar-refractivity contribution in [1.29, 1.82) is 0 Å². The summed E-state index contributed by atoms with van der Waals surface area (Å²) in [6, 6.07) is 11.0. The number of H-pyrrole nitrogens is 1. The fraction of sp³-hybridized carbons (Fsp3) is 0.476. The molecule has 27 heavy (non-hydrogen) atoms. The third-order valence-corrected chi connectivity index (χ3v) is 6.43. The second-order valence-corrected chi connectivity index (χ2v) is 8.80. The Morgan fingerprint density at radius 3 is 2.56 bits per heavy atom. The normalized spacial score (nSPS) is 24.3. The monoisotopic (exact) mass is 363 g/mol. The number of hydrogen-bond donors (Lipinski definition) is 2. The lowest BCUT2D eigenvalue weighted by Gasteiger charge is -2.32. The molecule has 0 unspecified atom stereocenters. The topological polar surface area (TPSA) is 59.2 Å². The number of imidazole rings is 1. The predicted octanol–water partition coefficient (Wildman–Crippen LogP) is 3.44. The van der Waals surface area contributed by atoms with E-state index in [2.05, 4.69) is 68.3 Å². The standard InChI is InChI=1S/C21H26BN3O2/c1-20(2)21(3,4)27-22(26-20)14-8-9-15-13(12-14)7-10-16-18(15)25-19(24-16)17-6-5-11-23-17/h7-10,12,17,23H,5-6,11H2,1-4H3,(H,24,25)/t17-/m0/s1. The van der Waals surface area contributed by atoms with Crippen molar-refractivity contribution in [2.45, 2.75) is 57.8 Å². The van der Waals surface area contributed by atoms with Crippen LogP contribution in [0.2, 0.25) is 0 Å². The van der Waals surface area contributed by atoms with Gasteiger partial charge in [-0.05, 0) is 64.0 Å². The van der Waals surface area contributed by atoms with Crippen molar-refractivity contribution < 1.29 is 9.31 Å². The number of benzene rings is 2. The zero-order valence-electron chi connectivity index (χ0n) is 16.4. The summed E-state index contributed by atoms with van der Waals surface area (Å²) in [6.45, 7) is 9.41. The van der Waals surface area contributed by atoms with Crippen LogP contribution in [0, 0.1) is 0 Å². The lowest BCUT2D eigenvalue weighted by atomic mass is 9.78. The largest absolute Gasteiger partial charge is 0.494 e. The smallest absolute Gasteiger partial charge is 0.399 e. The van der Waals surface area contributed by atoms with Gasteiger partial charge < -0.3 is 19.6 Å². The van der Waals surface area contributed by atoms with Gasteiger partial charge in [0, 0.05) is 5.39 Å². The zero-order chi connectivity index (χ0) is 18.8. The second-order valence-electron chi connectivity index (χ2n) is 8.80. The fourth-order valence-electron chi connectivity index (χ4n) is 4.06. The first-order valence-electron chi connectivity index (χ1n) is 9.85. The van der Waals surface area contributed by atoms with Gasteiger partial charge in [0.25, 0.3) is 0 Å². The Bertz CT molecular complexity index is 1000. The molecule has 5 rings (SSSR count). The van der Waals surface area contributed by atoms with E-state index >= 15 is 0 Å². The zero-order valence-corrected chi connectivity index (χ0v) is 16.4. The van der Waals surface area contributed by atoms with Crippen molar-refractivity contribution in [2.75, 3.05) is 6.54 Å². The molecule has 2 fully saturated rings. The van der Waals surface area contributed by atoms with Gasteiger partial charge in [-0.3, -0.25) is 0 Å². The van der Waals surface area contributed by atoms with E-state index < -0.39 is 0 Å². The van der Waals surface area contributed by atoms with E-state index in [-0.39, 0.29) is 18.3 Å². The van der Waals surface area contributed by atoms with Gasteiger partial charge in [-0.1, -0.05) is 24.3 Å². The van der Waals surface area contributed by atoms with Gasteiger partial charge in [0.1, 0.15) is 5.82 Å².